The zero-order valence-electron chi connectivity index (χ0n) is 8.66. The Labute approximate surface area is 89.6 Å². The van der Waals surface area contributed by atoms with Crippen LogP contribution < -0.4 is 5.32 Å². The third-order valence-electron chi connectivity index (χ3n) is 2.48. The van der Waals surface area contributed by atoms with Crippen LogP contribution in [0, 0.1) is 0 Å². The number of nitrogens with one attached hydrogen (secondary N) is 1. The van der Waals surface area contributed by atoms with E-state index in [1.165, 1.54) is 24.6 Å². The highest BCUT2D eigenvalue weighted by Gasteiger charge is 2.17. The second-order valence-electron chi connectivity index (χ2n) is 3.85. The van der Waals surface area contributed by atoms with Gasteiger partial charge in [0.25, 0.3) is 0 Å². The molecule has 0 radical (unpaired) electrons. The number of aliphatic hydroxyl groups is 1. The fourth-order valence-electron chi connectivity index (χ4n) is 1.61. The Kier molecular flexibility index (Phi) is 5.33. The van der Waals surface area contributed by atoms with Gasteiger partial charge in [0.05, 0.1) is 12.4 Å². The van der Waals surface area contributed by atoms with Crippen molar-refractivity contribution in [3.63, 3.8) is 0 Å². The third kappa shape index (κ3) is 4.33. The molecule has 1 fully saturated rings. The Morgan fingerprint density at radius 1 is 1.57 bits per heavy atom. The van der Waals surface area contributed by atoms with Crippen LogP contribution in [-0.4, -0.2) is 34.7 Å². The van der Waals surface area contributed by atoms with Crippen LogP contribution in [0.4, 0.5) is 0 Å². The van der Waals surface area contributed by atoms with E-state index in [0.717, 1.165) is 12.8 Å². The van der Waals surface area contributed by atoms with E-state index in [9.17, 15) is 4.79 Å². The number of rotatable bonds is 5. The zero-order valence-corrected chi connectivity index (χ0v) is 9.48. The van der Waals surface area contributed by atoms with Crippen molar-refractivity contribution in [2.24, 2.45) is 0 Å². The Morgan fingerprint density at radius 3 is 2.79 bits per heavy atom. The van der Waals surface area contributed by atoms with Gasteiger partial charge in [0.2, 0.25) is 5.91 Å². The van der Waals surface area contributed by atoms with Crippen LogP contribution >= 0.6 is 11.8 Å². The van der Waals surface area contributed by atoms with Gasteiger partial charge in [-0.15, -0.1) is 11.8 Å². The van der Waals surface area contributed by atoms with E-state index in [4.69, 9.17) is 5.11 Å². The molecule has 14 heavy (non-hydrogen) atoms. The van der Waals surface area contributed by atoms with Crippen molar-refractivity contribution in [2.75, 3.05) is 12.4 Å². The van der Waals surface area contributed by atoms with E-state index in [0.29, 0.717) is 11.8 Å². The topological polar surface area (TPSA) is 49.3 Å². The van der Waals surface area contributed by atoms with Crippen LogP contribution in [0.2, 0.25) is 0 Å². The maximum Gasteiger partial charge on any atom is 0.230 e. The molecule has 1 amide bonds. The van der Waals surface area contributed by atoms with Crippen molar-refractivity contribution in [3.8, 4) is 0 Å². The predicted octanol–water partition coefficient (Wildman–Crippen LogP) is 1.16. The molecule has 0 heterocycles. The summed E-state index contributed by atoms with van der Waals surface area (Å²) in [5.41, 5.74) is 0. The van der Waals surface area contributed by atoms with Crippen molar-refractivity contribution >= 4 is 17.7 Å². The maximum atomic E-state index is 11.4. The SMILES string of the molecule is C[C@H](CO)SCC(=O)NC1CCCC1. The highest BCUT2D eigenvalue weighted by molar-refractivity contribution is 8.00. The Bertz CT molecular complexity index is 181. The second-order valence-corrected chi connectivity index (χ2v) is 5.28. The van der Waals surface area contributed by atoms with E-state index >= 15 is 0 Å². The molecular weight excluding hydrogens is 198 g/mol. The lowest BCUT2D eigenvalue weighted by molar-refractivity contribution is -0.119. The summed E-state index contributed by atoms with van der Waals surface area (Å²) in [6, 6.07) is 0.410. The van der Waals surface area contributed by atoms with Gasteiger partial charge in [-0.05, 0) is 12.8 Å². The zero-order chi connectivity index (χ0) is 10.4. The smallest absolute Gasteiger partial charge is 0.230 e. The highest BCUT2D eigenvalue weighted by Crippen LogP contribution is 2.18. The Hall–Kier alpha value is -0.220. The molecule has 1 rings (SSSR count). The molecule has 0 aromatic heterocycles. The van der Waals surface area contributed by atoms with Crippen LogP contribution in [0.5, 0.6) is 0 Å². The number of thioether (sulfide) groups is 1. The van der Waals surface area contributed by atoms with Gasteiger partial charge in [0, 0.05) is 11.3 Å². The van der Waals surface area contributed by atoms with Crippen molar-refractivity contribution in [1.29, 1.82) is 0 Å². The number of amides is 1. The van der Waals surface area contributed by atoms with Gasteiger partial charge in [-0.25, -0.2) is 0 Å². The third-order valence-corrected chi connectivity index (χ3v) is 3.62. The summed E-state index contributed by atoms with van der Waals surface area (Å²) >= 11 is 1.51. The molecule has 1 atom stereocenters. The van der Waals surface area contributed by atoms with E-state index in [1.807, 2.05) is 6.92 Å². The van der Waals surface area contributed by atoms with Crippen LogP contribution in [-0.2, 0) is 4.79 Å². The fraction of sp³-hybridized carbons (Fsp3) is 0.900. The van der Waals surface area contributed by atoms with E-state index < -0.39 is 0 Å². The normalized spacial score (nSPS) is 19.6. The van der Waals surface area contributed by atoms with E-state index in [1.54, 1.807) is 0 Å². The Balaban J connectivity index is 2.09. The lowest BCUT2D eigenvalue weighted by atomic mass is 10.2. The largest absolute Gasteiger partial charge is 0.395 e. The minimum absolute atomic E-state index is 0.113. The monoisotopic (exact) mass is 217 g/mol. The minimum atomic E-state index is 0.113. The lowest BCUT2D eigenvalue weighted by Crippen LogP contribution is -2.34. The number of aliphatic hydroxyl groups excluding tert-OH is 1. The minimum Gasteiger partial charge on any atom is -0.395 e. The maximum absolute atomic E-state index is 11.4. The number of carbonyl (C=O) groups is 1. The van der Waals surface area contributed by atoms with E-state index in [-0.39, 0.29) is 17.8 Å². The summed E-state index contributed by atoms with van der Waals surface area (Å²) in [5, 5.41) is 12.0. The summed E-state index contributed by atoms with van der Waals surface area (Å²) < 4.78 is 0. The molecule has 0 spiro atoms. The quantitative estimate of drug-likeness (QED) is 0.726. The molecule has 0 aromatic carbocycles. The van der Waals surface area contributed by atoms with Crippen molar-refractivity contribution in [1.82, 2.24) is 5.32 Å². The van der Waals surface area contributed by atoms with Crippen LogP contribution in [0.3, 0.4) is 0 Å². The first-order valence-electron chi connectivity index (χ1n) is 5.24. The lowest BCUT2D eigenvalue weighted by Gasteiger charge is -2.12. The number of carbonyl (C=O) groups excluding carboxylic acids is 1. The molecule has 3 nitrogen and oxygen atoms in total. The first-order chi connectivity index (χ1) is 6.72. The molecule has 0 unspecified atom stereocenters. The molecule has 1 saturated carbocycles. The van der Waals surface area contributed by atoms with E-state index in [2.05, 4.69) is 5.32 Å². The van der Waals surface area contributed by atoms with Gasteiger partial charge in [-0.2, -0.15) is 0 Å². The predicted molar refractivity (Wildman–Crippen MR) is 59.4 cm³/mol. The molecule has 2 N–H and O–H groups in total. The fourth-order valence-corrected chi connectivity index (χ4v) is 2.23. The Morgan fingerprint density at radius 2 is 2.21 bits per heavy atom. The number of hydrogen-bond donors (Lipinski definition) is 2. The van der Waals surface area contributed by atoms with Crippen LogP contribution in [0.15, 0.2) is 0 Å². The van der Waals surface area contributed by atoms with Crippen LogP contribution in [0.1, 0.15) is 32.6 Å². The first-order valence-corrected chi connectivity index (χ1v) is 6.29. The van der Waals surface area contributed by atoms with Gasteiger partial charge < -0.3 is 10.4 Å². The molecular formula is C10H19NO2S. The summed E-state index contributed by atoms with van der Waals surface area (Å²) in [7, 11) is 0. The van der Waals surface area contributed by atoms with Crippen molar-refractivity contribution < 1.29 is 9.90 Å². The molecule has 82 valence electrons. The molecule has 1 aliphatic carbocycles. The van der Waals surface area contributed by atoms with Crippen molar-refractivity contribution in [3.05, 3.63) is 0 Å². The molecule has 0 bridgehead atoms. The van der Waals surface area contributed by atoms with Crippen molar-refractivity contribution in [2.45, 2.75) is 43.9 Å². The van der Waals surface area contributed by atoms with Gasteiger partial charge in [-0.3, -0.25) is 4.79 Å². The van der Waals surface area contributed by atoms with Gasteiger partial charge in [0.15, 0.2) is 0 Å². The van der Waals surface area contributed by atoms with Gasteiger partial charge in [-0.1, -0.05) is 19.8 Å². The average Bonchev–Trinajstić information content (AvgIpc) is 2.66. The number of hydrogen-bond acceptors (Lipinski definition) is 3. The van der Waals surface area contributed by atoms with Gasteiger partial charge in [0.1, 0.15) is 0 Å². The summed E-state index contributed by atoms with van der Waals surface area (Å²) in [6.45, 7) is 2.06. The molecule has 0 aliphatic heterocycles. The summed E-state index contributed by atoms with van der Waals surface area (Å²) in [5.74, 6) is 0.584. The second kappa shape index (κ2) is 6.30. The van der Waals surface area contributed by atoms with Gasteiger partial charge >= 0.3 is 0 Å². The average molecular weight is 217 g/mol. The standard InChI is InChI=1S/C10H19NO2S/c1-8(6-12)14-7-10(13)11-9-4-2-3-5-9/h8-9,12H,2-7H2,1H3,(H,11,13)/t8-/m1/s1. The molecule has 0 saturated heterocycles. The highest BCUT2D eigenvalue weighted by atomic mass is 32.2. The van der Waals surface area contributed by atoms with Crippen LogP contribution in [0.25, 0.3) is 0 Å². The molecule has 0 aromatic rings. The summed E-state index contributed by atoms with van der Waals surface area (Å²) in [6.07, 6.45) is 4.74. The summed E-state index contributed by atoms with van der Waals surface area (Å²) in [4.78, 5) is 11.4. The first kappa shape index (κ1) is 11.9. The molecule has 4 heteroatoms. The molecule has 1 aliphatic rings.